The van der Waals surface area contributed by atoms with Gasteiger partial charge in [0.05, 0.1) is 17.1 Å². The molecule has 0 bridgehead atoms. The van der Waals surface area contributed by atoms with Crippen molar-refractivity contribution >= 4 is 27.3 Å². The summed E-state index contributed by atoms with van der Waals surface area (Å²) in [7, 11) is -3.74. The van der Waals surface area contributed by atoms with Gasteiger partial charge in [0.1, 0.15) is 0 Å². The van der Waals surface area contributed by atoms with Gasteiger partial charge in [-0.3, -0.25) is 9.10 Å². The van der Waals surface area contributed by atoms with E-state index >= 15 is 0 Å². The Hall–Kier alpha value is -3.38. The first kappa shape index (κ1) is 20.4. The zero-order chi connectivity index (χ0) is 20.9. The van der Waals surface area contributed by atoms with Crippen molar-refractivity contribution in [3.8, 4) is 0 Å². The van der Waals surface area contributed by atoms with Crippen LogP contribution in [0.5, 0.6) is 0 Å². The molecule has 0 radical (unpaired) electrons. The standard InChI is InChI=1S/C23H22N2O3S/c1-3-17-25(29(27,28)22-7-5-4-6-8-22)21-15-11-19(12-16-21)23(26)24-20-13-9-18(2)10-14-20/h3-16H,1,17H2,2H3,(H,24,26). The van der Waals surface area contributed by atoms with Crippen LogP contribution in [-0.2, 0) is 10.0 Å². The molecule has 1 N–H and O–H groups in total. The fraction of sp³-hybridized carbons (Fsp3) is 0.0870. The van der Waals surface area contributed by atoms with Gasteiger partial charge in [0.15, 0.2) is 0 Å². The molecule has 1 amide bonds. The molecule has 5 nitrogen and oxygen atoms in total. The predicted molar refractivity (Wildman–Crippen MR) is 117 cm³/mol. The average Bonchev–Trinajstić information content (AvgIpc) is 2.74. The smallest absolute Gasteiger partial charge is 0.264 e. The van der Waals surface area contributed by atoms with Crippen LogP contribution in [0.15, 0.2) is 96.4 Å². The predicted octanol–water partition coefficient (Wildman–Crippen LogP) is 4.63. The second-order valence-electron chi connectivity index (χ2n) is 6.50. The van der Waals surface area contributed by atoms with E-state index in [2.05, 4.69) is 11.9 Å². The molecule has 0 saturated carbocycles. The van der Waals surface area contributed by atoms with Crippen LogP contribution in [0.25, 0.3) is 0 Å². The minimum absolute atomic E-state index is 0.117. The van der Waals surface area contributed by atoms with E-state index in [4.69, 9.17) is 0 Å². The van der Waals surface area contributed by atoms with Gasteiger partial charge in [0, 0.05) is 11.3 Å². The maximum Gasteiger partial charge on any atom is 0.264 e. The number of sulfonamides is 1. The third-order valence-electron chi connectivity index (χ3n) is 4.35. The van der Waals surface area contributed by atoms with Crippen LogP contribution in [0, 0.1) is 6.92 Å². The first-order valence-electron chi connectivity index (χ1n) is 9.08. The number of carbonyl (C=O) groups excluding carboxylic acids is 1. The maximum atomic E-state index is 13.0. The van der Waals surface area contributed by atoms with Crippen molar-refractivity contribution < 1.29 is 13.2 Å². The lowest BCUT2D eigenvalue weighted by molar-refractivity contribution is 0.102. The maximum absolute atomic E-state index is 13.0. The van der Waals surface area contributed by atoms with Gasteiger partial charge in [-0.05, 0) is 55.5 Å². The van der Waals surface area contributed by atoms with Crippen molar-refractivity contribution in [3.05, 3.63) is 103 Å². The lowest BCUT2D eigenvalue weighted by Gasteiger charge is -2.23. The average molecular weight is 407 g/mol. The third-order valence-corrected chi connectivity index (χ3v) is 6.16. The van der Waals surface area contributed by atoms with Gasteiger partial charge < -0.3 is 5.32 Å². The Balaban J connectivity index is 1.83. The Morgan fingerprint density at radius 2 is 1.59 bits per heavy atom. The number of aryl methyl sites for hydroxylation is 1. The Kier molecular flexibility index (Phi) is 6.14. The van der Waals surface area contributed by atoms with E-state index in [0.29, 0.717) is 16.9 Å². The van der Waals surface area contributed by atoms with Crippen molar-refractivity contribution in [3.63, 3.8) is 0 Å². The lowest BCUT2D eigenvalue weighted by atomic mass is 10.1. The molecular formula is C23H22N2O3S. The number of amides is 1. The Morgan fingerprint density at radius 1 is 0.966 bits per heavy atom. The Bertz CT molecular complexity index is 1090. The van der Waals surface area contributed by atoms with Crippen LogP contribution in [-0.4, -0.2) is 20.9 Å². The minimum Gasteiger partial charge on any atom is -0.322 e. The summed E-state index contributed by atoms with van der Waals surface area (Å²) in [6.45, 7) is 5.75. The van der Waals surface area contributed by atoms with Crippen molar-refractivity contribution in [1.82, 2.24) is 0 Å². The fourth-order valence-corrected chi connectivity index (χ4v) is 4.25. The summed E-state index contributed by atoms with van der Waals surface area (Å²) >= 11 is 0. The second-order valence-corrected chi connectivity index (χ2v) is 8.37. The van der Waals surface area contributed by atoms with E-state index in [1.165, 1.54) is 10.4 Å². The molecule has 0 atom stereocenters. The summed E-state index contributed by atoms with van der Waals surface area (Å²) < 4.78 is 27.3. The quantitative estimate of drug-likeness (QED) is 0.582. The van der Waals surface area contributed by atoms with Gasteiger partial charge in [-0.1, -0.05) is 42.0 Å². The summed E-state index contributed by atoms with van der Waals surface area (Å²) in [4.78, 5) is 12.7. The van der Waals surface area contributed by atoms with Crippen LogP contribution >= 0.6 is 0 Å². The first-order valence-corrected chi connectivity index (χ1v) is 10.5. The molecule has 29 heavy (non-hydrogen) atoms. The van der Waals surface area contributed by atoms with Crippen LogP contribution in [0.4, 0.5) is 11.4 Å². The Morgan fingerprint density at radius 3 is 2.17 bits per heavy atom. The van der Waals surface area contributed by atoms with Crippen LogP contribution < -0.4 is 9.62 Å². The van der Waals surface area contributed by atoms with E-state index in [9.17, 15) is 13.2 Å². The number of hydrogen-bond acceptors (Lipinski definition) is 3. The number of carbonyl (C=O) groups is 1. The lowest BCUT2D eigenvalue weighted by Crippen LogP contribution is -2.31. The van der Waals surface area contributed by atoms with Crippen molar-refractivity contribution in [1.29, 1.82) is 0 Å². The molecule has 3 rings (SSSR count). The summed E-state index contributed by atoms with van der Waals surface area (Å²) in [5.74, 6) is -0.262. The van der Waals surface area contributed by atoms with Gasteiger partial charge in [-0.2, -0.15) is 0 Å². The highest BCUT2D eigenvalue weighted by Crippen LogP contribution is 2.24. The Labute approximate surface area is 171 Å². The zero-order valence-electron chi connectivity index (χ0n) is 16.1. The molecule has 0 heterocycles. The molecule has 0 aliphatic rings. The normalized spacial score (nSPS) is 10.9. The molecule has 3 aromatic rings. The zero-order valence-corrected chi connectivity index (χ0v) is 16.9. The highest BCUT2D eigenvalue weighted by atomic mass is 32.2. The van der Waals surface area contributed by atoms with Crippen molar-refractivity contribution in [2.75, 3.05) is 16.2 Å². The molecule has 0 saturated heterocycles. The number of anilines is 2. The highest BCUT2D eigenvalue weighted by Gasteiger charge is 2.23. The van der Waals surface area contributed by atoms with Crippen LogP contribution in [0.1, 0.15) is 15.9 Å². The number of hydrogen-bond donors (Lipinski definition) is 1. The van der Waals surface area contributed by atoms with E-state index in [1.54, 1.807) is 54.6 Å². The molecule has 6 heteroatoms. The number of benzene rings is 3. The van der Waals surface area contributed by atoms with Crippen molar-refractivity contribution in [2.45, 2.75) is 11.8 Å². The SMILES string of the molecule is C=CCN(c1ccc(C(=O)Nc2ccc(C)cc2)cc1)S(=O)(=O)c1ccccc1. The van der Waals surface area contributed by atoms with E-state index in [0.717, 1.165) is 5.56 Å². The molecule has 0 fully saturated rings. The largest absolute Gasteiger partial charge is 0.322 e. The van der Waals surface area contributed by atoms with Gasteiger partial charge >= 0.3 is 0 Å². The van der Waals surface area contributed by atoms with Crippen LogP contribution in [0.2, 0.25) is 0 Å². The van der Waals surface area contributed by atoms with Crippen molar-refractivity contribution in [2.24, 2.45) is 0 Å². The number of nitrogens with one attached hydrogen (secondary N) is 1. The van der Waals surface area contributed by atoms with Gasteiger partial charge in [0.25, 0.3) is 15.9 Å². The topological polar surface area (TPSA) is 66.5 Å². The third kappa shape index (κ3) is 4.73. The molecule has 0 aromatic heterocycles. The molecule has 0 aliphatic carbocycles. The van der Waals surface area contributed by atoms with E-state index in [-0.39, 0.29) is 17.3 Å². The minimum atomic E-state index is -3.74. The summed E-state index contributed by atoms with van der Waals surface area (Å²) in [6, 6.07) is 22.2. The molecule has 3 aromatic carbocycles. The summed E-state index contributed by atoms with van der Waals surface area (Å²) in [6.07, 6.45) is 1.53. The fourth-order valence-electron chi connectivity index (χ4n) is 2.80. The van der Waals surface area contributed by atoms with Gasteiger partial charge in [0.2, 0.25) is 0 Å². The molecule has 148 valence electrons. The molecule has 0 aliphatic heterocycles. The van der Waals surface area contributed by atoms with Gasteiger partial charge in [-0.15, -0.1) is 6.58 Å². The monoisotopic (exact) mass is 406 g/mol. The van der Waals surface area contributed by atoms with Crippen LogP contribution in [0.3, 0.4) is 0 Å². The number of nitrogens with zero attached hydrogens (tertiary/aromatic N) is 1. The van der Waals surface area contributed by atoms with Gasteiger partial charge in [-0.25, -0.2) is 8.42 Å². The first-order chi connectivity index (χ1) is 13.9. The summed E-state index contributed by atoms with van der Waals surface area (Å²) in [5.41, 5.74) is 2.70. The highest BCUT2D eigenvalue weighted by molar-refractivity contribution is 7.92. The van der Waals surface area contributed by atoms with E-state index in [1.807, 2.05) is 31.2 Å². The molecular weight excluding hydrogens is 384 g/mol. The second kappa shape index (κ2) is 8.75. The van der Waals surface area contributed by atoms with E-state index < -0.39 is 10.0 Å². The summed E-state index contributed by atoms with van der Waals surface area (Å²) in [5, 5.41) is 2.83. The molecule has 0 spiro atoms. The number of rotatable bonds is 7. The molecule has 0 unspecified atom stereocenters.